The van der Waals surface area contributed by atoms with Crippen molar-refractivity contribution in [2.45, 2.75) is 45.1 Å². The van der Waals surface area contributed by atoms with Crippen LogP contribution < -0.4 is 5.73 Å². The molecule has 4 nitrogen and oxygen atoms in total. The zero-order valence-electron chi connectivity index (χ0n) is 10.2. The first kappa shape index (κ1) is 13.5. The van der Waals surface area contributed by atoms with Crippen LogP contribution in [0.4, 0.5) is 0 Å². The lowest BCUT2D eigenvalue weighted by Gasteiger charge is -2.29. The summed E-state index contributed by atoms with van der Waals surface area (Å²) in [6, 6.07) is 0.352. The smallest absolute Gasteiger partial charge is 0.223 e. The zero-order chi connectivity index (χ0) is 12.0. The highest BCUT2D eigenvalue weighted by atomic mass is 16.3. The first-order valence-electron chi connectivity index (χ1n) is 6.29. The maximum atomic E-state index is 12.0. The SMILES string of the molecule is CC(CN)CC(=O)N(CCO)C1CCCC1. The predicted molar refractivity (Wildman–Crippen MR) is 63.9 cm³/mol. The number of hydrogen-bond donors (Lipinski definition) is 2. The van der Waals surface area contributed by atoms with Crippen LogP contribution in [0.3, 0.4) is 0 Å². The van der Waals surface area contributed by atoms with E-state index in [4.69, 9.17) is 10.8 Å². The Morgan fingerprint density at radius 2 is 2.12 bits per heavy atom. The molecule has 1 unspecified atom stereocenters. The maximum Gasteiger partial charge on any atom is 0.223 e. The van der Waals surface area contributed by atoms with E-state index < -0.39 is 0 Å². The number of carbonyl (C=O) groups is 1. The van der Waals surface area contributed by atoms with Crippen molar-refractivity contribution in [1.82, 2.24) is 4.90 Å². The van der Waals surface area contributed by atoms with Crippen LogP contribution in [-0.4, -0.2) is 41.7 Å². The highest BCUT2D eigenvalue weighted by molar-refractivity contribution is 5.76. The molecule has 0 aromatic heterocycles. The zero-order valence-corrected chi connectivity index (χ0v) is 10.2. The van der Waals surface area contributed by atoms with Gasteiger partial charge in [-0.1, -0.05) is 19.8 Å². The van der Waals surface area contributed by atoms with E-state index in [9.17, 15) is 4.79 Å². The summed E-state index contributed by atoms with van der Waals surface area (Å²) < 4.78 is 0. The molecule has 1 rings (SSSR count). The van der Waals surface area contributed by atoms with Gasteiger partial charge < -0.3 is 15.7 Å². The third-order valence-corrected chi connectivity index (χ3v) is 3.35. The topological polar surface area (TPSA) is 66.6 Å². The lowest BCUT2D eigenvalue weighted by molar-refractivity contribution is -0.134. The van der Waals surface area contributed by atoms with Gasteiger partial charge in [-0.25, -0.2) is 0 Å². The van der Waals surface area contributed by atoms with Crippen LogP contribution >= 0.6 is 0 Å². The molecule has 0 aliphatic heterocycles. The molecule has 94 valence electrons. The molecule has 1 aliphatic rings. The van der Waals surface area contributed by atoms with Gasteiger partial charge in [0.05, 0.1) is 6.61 Å². The van der Waals surface area contributed by atoms with Crippen molar-refractivity contribution < 1.29 is 9.90 Å². The summed E-state index contributed by atoms with van der Waals surface area (Å²) in [5.74, 6) is 0.383. The summed E-state index contributed by atoms with van der Waals surface area (Å²) in [4.78, 5) is 13.9. The molecule has 0 radical (unpaired) electrons. The molecule has 0 spiro atoms. The molecule has 1 amide bonds. The molecule has 1 fully saturated rings. The first-order chi connectivity index (χ1) is 7.69. The monoisotopic (exact) mass is 228 g/mol. The quantitative estimate of drug-likeness (QED) is 0.704. The molecule has 1 aliphatic carbocycles. The third-order valence-electron chi connectivity index (χ3n) is 3.35. The Labute approximate surface area is 97.8 Å². The molecule has 0 heterocycles. The summed E-state index contributed by atoms with van der Waals surface area (Å²) in [7, 11) is 0. The number of aliphatic hydroxyl groups is 1. The lowest BCUT2D eigenvalue weighted by atomic mass is 10.1. The Balaban J connectivity index is 2.50. The van der Waals surface area contributed by atoms with Crippen molar-refractivity contribution in [2.24, 2.45) is 11.7 Å². The van der Waals surface area contributed by atoms with Crippen LogP contribution in [0.25, 0.3) is 0 Å². The molecule has 1 saturated carbocycles. The Bertz CT molecular complexity index is 215. The van der Waals surface area contributed by atoms with Gasteiger partial charge in [-0.15, -0.1) is 0 Å². The average molecular weight is 228 g/mol. The van der Waals surface area contributed by atoms with Crippen molar-refractivity contribution >= 4 is 5.91 Å². The third kappa shape index (κ3) is 3.76. The van der Waals surface area contributed by atoms with Gasteiger partial charge in [-0.3, -0.25) is 4.79 Å². The molecular weight excluding hydrogens is 204 g/mol. The van der Waals surface area contributed by atoms with E-state index in [1.807, 2.05) is 11.8 Å². The van der Waals surface area contributed by atoms with Crippen molar-refractivity contribution in [3.63, 3.8) is 0 Å². The van der Waals surface area contributed by atoms with Crippen molar-refractivity contribution in [3.8, 4) is 0 Å². The van der Waals surface area contributed by atoms with Gasteiger partial charge in [0.15, 0.2) is 0 Å². The Kier molecular flexibility index (Phi) is 5.77. The molecular formula is C12H24N2O2. The fraction of sp³-hybridized carbons (Fsp3) is 0.917. The van der Waals surface area contributed by atoms with Crippen LogP contribution in [0.5, 0.6) is 0 Å². The van der Waals surface area contributed by atoms with Gasteiger partial charge in [-0.05, 0) is 25.3 Å². The molecule has 1 atom stereocenters. The molecule has 0 bridgehead atoms. The Morgan fingerprint density at radius 1 is 1.50 bits per heavy atom. The molecule has 16 heavy (non-hydrogen) atoms. The predicted octanol–water partition coefficient (Wildman–Crippen LogP) is 0.735. The molecule has 0 aromatic carbocycles. The van der Waals surface area contributed by atoms with E-state index >= 15 is 0 Å². The van der Waals surface area contributed by atoms with Crippen molar-refractivity contribution in [1.29, 1.82) is 0 Å². The minimum Gasteiger partial charge on any atom is -0.395 e. The fourth-order valence-electron chi connectivity index (χ4n) is 2.33. The second kappa shape index (κ2) is 6.86. The average Bonchev–Trinajstić information content (AvgIpc) is 2.78. The number of amides is 1. The highest BCUT2D eigenvalue weighted by Gasteiger charge is 2.26. The Hall–Kier alpha value is -0.610. The van der Waals surface area contributed by atoms with E-state index in [0.717, 1.165) is 12.8 Å². The standard InChI is InChI=1S/C12H24N2O2/c1-10(9-13)8-12(16)14(6-7-15)11-4-2-3-5-11/h10-11,15H,2-9,13H2,1H3. The van der Waals surface area contributed by atoms with Gasteiger partial charge in [0.2, 0.25) is 5.91 Å². The van der Waals surface area contributed by atoms with Crippen molar-refractivity contribution in [3.05, 3.63) is 0 Å². The van der Waals surface area contributed by atoms with Crippen molar-refractivity contribution in [2.75, 3.05) is 19.7 Å². The molecule has 4 heteroatoms. The number of hydrogen-bond acceptors (Lipinski definition) is 3. The summed E-state index contributed by atoms with van der Waals surface area (Å²) in [6.07, 6.45) is 5.08. The number of aliphatic hydroxyl groups excluding tert-OH is 1. The van der Waals surface area contributed by atoms with E-state index in [1.165, 1.54) is 12.8 Å². The Morgan fingerprint density at radius 3 is 2.62 bits per heavy atom. The summed E-state index contributed by atoms with van der Waals surface area (Å²) in [5, 5.41) is 9.02. The minimum absolute atomic E-state index is 0.0548. The fourth-order valence-corrected chi connectivity index (χ4v) is 2.33. The molecule has 0 aromatic rings. The van der Waals surface area contributed by atoms with Crippen LogP contribution in [0.15, 0.2) is 0 Å². The van der Waals surface area contributed by atoms with E-state index in [2.05, 4.69) is 0 Å². The number of carbonyl (C=O) groups excluding carboxylic acids is 1. The second-order valence-electron chi connectivity index (χ2n) is 4.79. The van der Waals surface area contributed by atoms with E-state index in [-0.39, 0.29) is 18.4 Å². The van der Waals surface area contributed by atoms with E-state index in [1.54, 1.807) is 0 Å². The van der Waals surface area contributed by atoms with Crippen LogP contribution in [0.2, 0.25) is 0 Å². The minimum atomic E-state index is 0.0548. The van der Waals surface area contributed by atoms with Gasteiger partial charge in [-0.2, -0.15) is 0 Å². The van der Waals surface area contributed by atoms with Crippen LogP contribution in [0.1, 0.15) is 39.0 Å². The summed E-state index contributed by atoms with van der Waals surface area (Å²) in [6.45, 7) is 3.06. The van der Waals surface area contributed by atoms with E-state index in [0.29, 0.717) is 25.6 Å². The van der Waals surface area contributed by atoms with Gasteiger partial charge >= 0.3 is 0 Å². The normalized spacial score (nSPS) is 18.7. The van der Waals surface area contributed by atoms with Gasteiger partial charge in [0.1, 0.15) is 0 Å². The molecule has 3 N–H and O–H groups in total. The largest absolute Gasteiger partial charge is 0.395 e. The van der Waals surface area contributed by atoms with Crippen LogP contribution in [-0.2, 0) is 4.79 Å². The molecule has 0 saturated heterocycles. The van der Waals surface area contributed by atoms with Gasteiger partial charge in [0.25, 0.3) is 0 Å². The first-order valence-corrected chi connectivity index (χ1v) is 6.29. The highest BCUT2D eigenvalue weighted by Crippen LogP contribution is 2.24. The number of rotatable bonds is 6. The van der Waals surface area contributed by atoms with Crippen LogP contribution in [0, 0.1) is 5.92 Å². The summed E-state index contributed by atoms with van der Waals surface area (Å²) in [5.41, 5.74) is 5.53. The lowest BCUT2D eigenvalue weighted by Crippen LogP contribution is -2.41. The number of nitrogens with zero attached hydrogens (tertiary/aromatic N) is 1. The second-order valence-corrected chi connectivity index (χ2v) is 4.79. The summed E-state index contributed by atoms with van der Waals surface area (Å²) >= 11 is 0. The number of nitrogens with two attached hydrogens (primary N) is 1. The van der Waals surface area contributed by atoms with Gasteiger partial charge in [0, 0.05) is 19.0 Å². The maximum absolute atomic E-state index is 12.0.